The number of carbonyl (C=O) groups excluding carboxylic acids is 1. The largest absolute Gasteiger partial charge is 0.508 e. The Hall–Kier alpha value is -1.55. The number of Topliss-reactive ketones (excluding diaryl/α,β-unsaturated/α-hetero) is 1. The molecule has 0 amide bonds. The third-order valence-electron chi connectivity index (χ3n) is 2.76. The molecular formula is C11H12O4. The molecule has 1 atom stereocenters. The first-order chi connectivity index (χ1) is 7.06. The van der Waals surface area contributed by atoms with Gasteiger partial charge in [0.15, 0.2) is 5.78 Å². The van der Waals surface area contributed by atoms with Crippen molar-refractivity contribution in [1.82, 2.24) is 0 Å². The number of carbonyl (C=O) groups is 1. The van der Waals surface area contributed by atoms with Crippen LogP contribution in [0.3, 0.4) is 0 Å². The first kappa shape index (κ1) is 9.98. The van der Waals surface area contributed by atoms with Crippen LogP contribution in [0.2, 0.25) is 0 Å². The Bertz CT molecular complexity index is 437. The first-order valence-corrected chi connectivity index (χ1v) is 4.68. The smallest absolute Gasteiger partial charge is 0.166 e. The zero-order valence-electron chi connectivity index (χ0n) is 8.57. The molecule has 2 rings (SSSR count). The van der Waals surface area contributed by atoms with Crippen molar-refractivity contribution in [2.75, 3.05) is 7.11 Å². The fourth-order valence-corrected chi connectivity index (χ4v) is 1.98. The summed E-state index contributed by atoms with van der Waals surface area (Å²) in [5, 5.41) is 19.3. The van der Waals surface area contributed by atoms with Gasteiger partial charge >= 0.3 is 0 Å². The SMILES string of the molecule is COc1c(C)c(O)cc2c1[C@H](O)CC2=O. The van der Waals surface area contributed by atoms with E-state index < -0.39 is 6.10 Å². The predicted octanol–water partition coefficient (Wildman–Crippen LogP) is 1.33. The molecule has 0 aliphatic heterocycles. The zero-order chi connectivity index (χ0) is 11.2. The summed E-state index contributed by atoms with van der Waals surface area (Å²) in [6.07, 6.45) is -0.754. The molecule has 0 saturated heterocycles. The summed E-state index contributed by atoms with van der Waals surface area (Å²) in [5.74, 6) is 0.266. The molecule has 0 saturated carbocycles. The van der Waals surface area contributed by atoms with Crippen LogP contribution >= 0.6 is 0 Å². The van der Waals surface area contributed by atoms with Gasteiger partial charge in [-0.3, -0.25) is 4.79 Å². The van der Waals surface area contributed by atoms with E-state index in [2.05, 4.69) is 0 Å². The Kier molecular flexibility index (Phi) is 2.16. The van der Waals surface area contributed by atoms with Crippen molar-refractivity contribution < 1.29 is 19.7 Å². The van der Waals surface area contributed by atoms with Crippen LogP contribution in [-0.4, -0.2) is 23.1 Å². The maximum Gasteiger partial charge on any atom is 0.166 e. The quantitative estimate of drug-likeness (QED) is 0.730. The van der Waals surface area contributed by atoms with Crippen LogP contribution in [0, 0.1) is 6.92 Å². The molecule has 1 aromatic carbocycles. The van der Waals surface area contributed by atoms with Gasteiger partial charge in [0.05, 0.1) is 13.2 Å². The lowest BCUT2D eigenvalue weighted by Gasteiger charge is -2.13. The summed E-state index contributed by atoms with van der Waals surface area (Å²) in [4.78, 5) is 11.5. The molecule has 0 aromatic heterocycles. The summed E-state index contributed by atoms with van der Waals surface area (Å²) < 4.78 is 5.12. The van der Waals surface area contributed by atoms with Crippen LogP contribution in [0.15, 0.2) is 6.07 Å². The number of aromatic hydroxyl groups is 1. The highest BCUT2D eigenvalue weighted by molar-refractivity contribution is 6.02. The van der Waals surface area contributed by atoms with Crippen molar-refractivity contribution in [3.8, 4) is 11.5 Å². The summed E-state index contributed by atoms with van der Waals surface area (Å²) in [6, 6.07) is 1.39. The van der Waals surface area contributed by atoms with Gasteiger partial charge in [0.2, 0.25) is 0 Å². The number of ether oxygens (including phenoxy) is 1. The van der Waals surface area contributed by atoms with Gasteiger partial charge in [-0.1, -0.05) is 0 Å². The topological polar surface area (TPSA) is 66.8 Å². The van der Waals surface area contributed by atoms with Gasteiger partial charge in [0.25, 0.3) is 0 Å². The molecule has 1 aliphatic rings. The van der Waals surface area contributed by atoms with E-state index in [4.69, 9.17) is 4.74 Å². The van der Waals surface area contributed by atoms with Crippen LogP contribution in [0.1, 0.15) is 34.0 Å². The average molecular weight is 208 g/mol. The molecule has 0 unspecified atom stereocenters. The number of aliphatic hydroxyl groups is 1. The second kappa shape index (κ2) is 3.24. The van der Waals surface area contributed by atoms with Gasteiger partial charge in [0, 0.05) is 23.1 Å². The highest BCUT2D eigenvalue weighted by Crippen LogP contribution is 2.43. The molecule has 0 heterocycles. The molecule has 1 aliphatic carbocycles. The average Bonchev–Trinajstić information content (AvgIpc) is 2.45. The van der Waals surface area contributed by atoms with Gasteiger partial charge < -0.3 is 14.9 Å². The van der Waals surface area contributed by atoms with Crippen molar-refractivity contribution in [2.24, 2.45) is 0 Å². The molecule has 15 heavy (non-hydrogen) atoms. The Morgan fingerprint density at radius 3 is 2.80 bits per heavy atom. The van der Waals surface area contributed by atoms with Crippen molar-refractivity contribution >= 4 is 5.78 Å². The number of methoxy groups -OCH3 is 1. The van der Waals surface area contributed by atoms with Gasteiger partial charge in [-0.2, -0.15) is 0 Å². The van der Waals surface area contributed by atoms with Gasteiger partial charge in [0.1, 0.15) is 11.5 Å². The maximum absolute atomic E-state index is 11.5. The molecule has 0 bridgehead atoms. The third-order valence-corrected chi connectivity index (χ3v) is 2.76. The van der Waals surface area contributed by atoms with E-state index in [9.17, 15) is 15.0 Å². The molecular weight excluding hydrogens is 196 g/mol. The maximum atomic E-state index is 11.5. The third kappa shape index (κ3) is 1.29. The monoisotopic (exact) mass is 208 g/mol. The van der Waals surface area contributed by atoms with Gasteiger partial charge in [-0.05, 0) is 13.0 Å². The first-order valence-electron chi connectivity index (χ1n) is 4.68. The summed E-state index contributed by atoms with van der Waals surface area (Å²) in [5.41, 5.74) is 1.41. The number of benzene rings is 1. The van der Waals surface area contributed by atoms with E-state index in [1.165, 1.54) is 13.2 Å². The molecule has 80 valence electrons. The van der Waals surface area contributed by atoms with Crippen LogP contribution in [0.25, 0.3) is 0 Å². The fraction of sp³-hybridized carbons (Fsp3) is 0.364. The Morgan fingerprint density at radius 2 is 2.20 bits per heavy atom. The molecule has 4 heteroatoms. The fourth-order valence-electron chi connectivity index (χ4n) is 1.98. The second-order valence-corrected chi connectivity index (χ2v) is 3.66. The molecule has 4 nitrogen and oxygen atoms in total. The van der Waals surface area contributed by atoms with Gasteiger partial charge in [-0.25, -0.2) is 0 Å². The number of phenolic OH excluding ortho intramolecular Hbond substituents is 1. The van der Waals surface area contributed by atoms with Crippen molar-refractivity contribution in [1.29, 1.82) is 0 Å². The number of phenols is 1. The van der Waals surface area contributed by atoms with Crippen LogP contribution in [0.4, 0.5) is 0 Å². The standard InChI is InChI=1S/C11H12O4/c1-5-7(12)3-6-8(13)4-9(14)10(6)11(5)15-2/h3,9,12,14H,4H2,1-2H3/t9-/m1/s1. The second-order valence-electron chi connectivity index (χ2n) is 3.66. The van der Waals surface area contributed by atoms with Crippen LogP contribution in [-0.2, 0) is 0 Å². The lowest BCUT2D eigenvalue weighted by molar-refractivity contribution is 0.0929. The Balaban J connectivity index is 2.75. The van der Waals surface area contributed by atoms with E-state index in [1.807, 2.05) is 0 Å². The Labute approximate surface area is 87.1 Å². The van der Waals surface area contributed by atoms with E-state index in [0.29, 0.717) is 22.4 Å². The lowest BCUT2D eigenvalue weighted by Crippen LogP contribution is -1.99. The number of ketones is 1. The summed E-state index contributed by atoms with van der Waals surface area (Å²) in [7, 11) is 1.46. The highest BCUT2D eigenvalue weighted by Gasteiger charge is 2.33. The van der Waals surface area contributed by atoms with Crippen molar-refractivity contribution in [2.45, 2.75) is 19.4 Å². The van der Waals surface area contributed by atoms with E-state index in [0.717, 1.165) is 0 Å². The van der Waals surface area contributed by atoms with Crippen LogP contribution in [0.5, 0.6) is 11.5 Å². The van der Waals surface area contributed by atoms with Crippen molar-refractivity contribution in [3.05, 3.63) is 22.8 Å². The van der Waals surface area contributed by atoms with E-state index in [-0.39, 0.29) is 18.0 Å². The molecule has 0 fully saturated rings. The van der Waals surface area contributed by atoms with E-state index >= 15 is 0 Å². The summed E-state index contributed by atoms with van der Waals surface area (Å²) in [6.45, 7) is 1.68. The predicted molar refractivity (Wildman–Crippen MR) is 53.3 cm³/mol. The number of fused-ring (bicyclic) bond motifs is 1. The van der Waals surface area contributed by atoms with Crippen LogP contribution < -0.4 is 4.74 Å². The molecule has 1 aromatic rings. The number of hydrogen-bond acceptors (Lipinski definition) is 4. The molecule has 0 radical (unpaired) electrons. The Morgan fingerprint density at radius 1 is 1.53 bits per heavy atom. The number of aliphatic hydroxyl groups excluding tert-OH is 1. The van der Waals surface area contributed by atoms with E-state index in [1.54, 1.807) is 6.92 Å². The lowest BCUT2D eigenvalue weighted by atomic mass is 10.0. The minimum absolute atomic E-state index is 0.0213. The van der Waals surface area contributed by atoms with Crippen molar-refractivity contribution in [3.63, 3.8) is 0 Å². The summed E-state index contributed by atoms with van der Waals surface area (Å²) >= 11 is 0. The molecule has 2 N–H and O–H groups in total. The molecule has 0 spiro atoms. The zero-order valence-corrected chi connectivity index (χ0v) is 8.57. The number of rotatable bonds is 1. The highest BCUT2D eigenvalue weighted by atomic mass is 16.5. The van der Waals surface area contributed by atoms with Gasteiger partial charge in [-0.15, -0.1) is 0 Å². The minimum atomic E-state index is -0.818. The minimum Gasteiger partial charge on any atom is -0.508 e. The normalized spacial score (nSPS) is 19.1. The number of hydrogen-bond donors (Lipinski definition) is 2.